The minimum absolute atomic E-state index is 0.0102. The Morgan fingerprint density at radius 2 is 1.79 bits per heavy atom. The van der Waals surface area contributed by atoms with E-state index in [9.17, 15) is 14.4 Å². The van der Waals surface area contributed by atoms with Gasteiger partial charge in [-0.15, -0.1) is 0 Å². The molecule has 34 heavy (non-hydrogen) atoms. The highest BCUT2D eigenvalue weighted by atomic mass is 16.5. The Balaban J connectivity index is 1.79. The number of hydrogen-bond acceptors (Lipinski definition) is 6. The summed E-state index contributed by atoms with van der Waals surface area (Å²) in [5, 5.41) is 3.61. The number of amides is 1. The number of esters is 1. The van der Waals surface area contributed by atoms with Crippen molar-refractivity contribution in [2.45, 2.75) is 70.9 Å². The van der Waals surface area contributed by atoms with Crippen molar-refractivity contribution in [3.63, 3.8) is 0 Å². The summed E-state index contributed by atoms with van der Waals surface area (Å²) in [6.45, 7) is 5.30. The predicted molar refractivity (Wildman–Crippen MR) is 129 cm³/mol. The molecule has 2 heterocycles. The number of aromatic nitrogens is 1. The first-order valence-corrected chi connectivity index (χ1v) is 12.0. The smallest absolute Gasteiger partial charge is 0.331 e. The van der Waals surface area contributed by atoms with Crippen molar-refractivity contribution in [1.82, 2.24) is 9.88 Å². The first-order chi connectivity index (χ1) is 16.2. The predicted octanol–water partition coefficient (Wildman–Crippen LogP) is 3.81. The van der Waals surface area contributed by atoms with Gasteiger partial charge in [0.15, 0.2) is 11.5 Å². The SMILES string of the molecule is COC(=O)C1(NC(=O)c2cc3ccc(OC)c4c3n(c2=O)CCCCCO4)CCC(C)(C)CC1. The maximum atomic E-state index is 13.6. The lowest BCUT2D eigenvalue weighted by atomic mass is 9.69. The van der Waals surface area contributed by atoms with Gasteiger partial charge in [-0.3, -0.25) is 9.59 Å². The number of carbonyl (C=O) groups excluding carboxylic acids is 2. The summed E-state index contributed by atoms with van der Waals surface area (Å²) in [7, 11) is 2.89. The molecule has 0 atom stereocenters. The Kier molecular flexibility index (Phi) is 6.60. The Bertz CT molecular complexity index is 1160. The molecule has 0 bridgehead atoms. The minimum atomic E-state index is -1.13. The molecular weight excluding hydrogens is 436 g/mol. The Morgan fingerprint density at radius 3 is 2.47 bits per heavy atom. The van der Waals surface area contributed by atoms with E-state index < -0.39 is 23.0 Å². The lowest BCUT2D eigenvalue weighted by molar-refractivity contribution is -0.150. The van der Waals surface area contributed by atoms with E-state index >= 15 is 0 Å². The molecular formula is C26H34N2O6. The van der Waals surface area contributed by atoms with E-state index in [-0.39, 0.29) is 11.0 Å². The zero-order chi connectivity index (χ0) is 24.5. The molecule has 2 aromatic rings. The fraction of sp³-hybridized carbons (Fsp3) is 0.577. The van der Waals surface area contributed by atoms with Crippen LogP contribution in [0.4, 0.5) is 0 Å². The number of rotatable bonds is 4. The highest BCUT2D eigenvalue weighted by Crippen LogP contribution is 2.41. The maximum absolute atomic E-state index is 13.6. The molecule has 1 saturated carbocycles. The van der Waals surface area contributed by atoms with E-state index in [2.05, 4.69) is 19.2 Å². The van der Waals surface area contributed by atoms with Gasteiger partial charge in [0, 0.05) is 11.9 Å². The van der Waals surface area contributed by atoms with Crippen LogP contribution in [0.15, 0.2) is 23.0 Å². The Morgan fingerprint density at radius 1 is 1.06 bits per heavy atom. The van der Waals surface area contributed by atoms with Gasteiger partial charge >= 0.3 is 5.97 Å². The van der Waals surface area contributed by atoms with E-state index in [1.807, 2.05) is 6.07 Å². The quantitative estimate of drug-likeness (QED) is 0.683. The maximum Gasteiger partial charge on any atom is 0.331 e. The van der Waals surface area contributed by atoms with Crippen LogP contribution >= 0.6 is 0 Å². The van der Waals surface area contributed by atoms with Crippen LogP contribution in [0.5, 0.6) is 11.5 Å². The van der Waals surface area contributed by atoms with Gasteiger partial charge in [0.05, 0.1) is 26.3 Å². The van der Waals surface area contributed by atoms with Gasteiger partial charge in [0.2, 0.25) is 0 Å². The second-order valence-corrected chi connectivity index (χ2v) is 10.2. The summed E-state index contributed by atoms with van der Waals surface area (Å²) >= 11 is 0. The second kappa shape index (κ2) is 9.31. The number of pyridine rings is 1. The average molecular weight is 471 g/mol. The topological polar surface area (TPSA) is 95.9 Å². The molecule has 0 spiro atoms. The summed E-state index contributed by atoms with van der Waals surface area (Å²) in [6, 6.07) is 5.20. The third-order valence-electron chi connectivity index (χ3n) is 7.29. The lowest BCUT2D eigenvalue weighted by Crippen LogP contribution is -2.58. The minimum Gasteiger partial charge on any atom is -0.493 e. The van der Waals surface area contributed by atoms with Gasteiger partial charge in [-0.1, -0.05) is 13.8 Å². The van der Waals surface area contributed by atoms with E-state index in [0.717, 1.165) is 32.1 Å². The first-order valence-electron chi connectivity index (χ1n) is 12.0. The van der Waals surface area contributed by atoms with Crippen molar-refractivity contribution in [2.75, 3.05) is 20.8 Å². The first kappa shape index (κ1) is 24.1. The molecule has 1 aliphatic carbocycles. The Labute approximate surface area is 199 Å². The molecule has 4 rings (SSSR count). The Hall–Kier alpha value is -3.03. The van der Waals surface area contributed by atoms with Crippen molar-refractivity contribution in [2.24, 2.45) is 5.41 Å². The fourth-order valence-electron chi connectivity index (χ4n) is 5.04. The van der Waals surface area contributed by atoms with Crippen LogP contribution in [0.2, 0.25) is 0 Å². The van der Waals surface area contributed by atoms with Crippen LogP contribution < -0.4 is 20.3 Å². The monoisotopic (exact) mass is 470 g/mol. The van der Waals surface area contributed by atoms with Crippen LogP contribution in [0, 0.1) is 5.41 Å². The third kappa shape index (κ3) is 4.38. The molecule has 2 aliphatic rings. The van der Waals surface area contributed by atoms with Crippen molar-refractivity contribution in [1.29, 1.82) is 0 Å². The van der Waals surface area contributed by atoms with E-state index in [4.69, 9.17) is 14.2 Å². The van der Waals surface area contributed by atoms with Gasteiger partial charge in [0.1, 0.15) is 11.1 Å². The number of nitrogens with one attached hydrogen (secondary N) is 1. The summed E-state index contributed by atoms with van der Waals surface area (Å²) in [5.41, 5.74) is -0.813. The largest absolute Gasteiger partial charge is 0.493 e. The number of methoxy groups -OCH3 is 2. The summed E-state index contributed by atoms with van der Waals surface area (Å²) in [5.74, 6) is 0.0448. The standard InChI is InChI=1S/C26H34N2O6/c1-25(2)10-12-26(13-11-25,24(31)33-4)27-22(29)18-16-17-8-9-19(32-3)21-20(17)28(23(18)30)14-6-5-7-15-34-21/h8-9,16H,5-7,10-15H2,1-4H3,(H,27,29). The van der Waals surface area contributed by atoms with Gasteiger partial charge in [-0.05, 0) is 68.6 Å². The van der Waals surface area contributed by atoms with Crippen LogP contribution in [0.1, 0.15) is 69.2 Å². The number of nitrogens with zero attached hydrogens (tertiary/aromatic N) is 1. The number of carbonyl (C=O) groups is 2. The molecule has 1 N–H and O–H groups in total. The summed E-state index contributed by atoms with van der Waals surface area (Å²) < 4.78 is 18.2. The fourth-order valence-corrected chi connectivity index (χ4v) is 5.04. The molecule has 1 aromatic carbocycles. The number of hydrogen-bond donors (Lipinski definition) is 1. The van der Waals surface area contributed by atoms with Gasteiger partial charge in [-0.2, -0.15) is 0 Å². The molecule has 0 radical (unpaired) electrons. The van der Waals surface area contributed by atoms with Crippen LogP contribution in [0.3, 0.4) is 0 Å². The summed E-state index contributed by atoms with van der Waals surface area (Å²) in [6.07, 6.45) is 5.04. The molecule has 8 heteroatoms. The molecule has 1 aromatic heterocycles. The van der Waals surface area contributed by atoms with Gasteiger partial charge in [0.25, 0.3) is 11.5 Å². The van der Waals surface area contributed by atoms with Crippen molar-refractivity contribution < 1.29 is 23.8 Å². The molecule has 1 aliphatic heterocycles. The molecule has 0 saturated heterocycles. The molecule has 8 nitrogen and oxygen atoms in total. The van der Waals surface area contributed by atoms with Crippen LogP contribution in [0.25, 0.3) is 10.9 Å². The number of ether oxygens (including phenoxy) is 3. The van der Waals surface area contributed by atoms with E-state index in [0.29, 0.717) is 48.4 Å². The zero-order valence-electron chi connectivity index (χ0n) is 20.5. The highest BCUT2D eigenvalue weighted by Gasteiger charge is 2.46. The lowest BCUT2D eigenvalue weighted by Gasteiger charge is -2.41. The van der Waals surface area contributed by atoms with Crippen LogP contribution in [-0.4, -0.2) is 42.8 Å². The van der Waals surface area contributed by atoms with Crippen molar-refractivity contribution in [3.05, 3.63) is 34.1 Å². The zero-order valence-corrected chi connectivity index (χ0v) is 20.5. The second-order valence-electron chi connectivity index (χ2n) is 10.2. The average Bonchev–Trinajstić information content (AvgIpc) is 2.93. The molecule has 0 unspecified atom stereocenters. The van der Waals surface area contributed by atoms with Crippen molar-refractivity contribution in [3.8, 4) is 11.5 Å². The summed E-state index contributed by atoms with van der Waals surface area (Å²) in [4.78, 5) is 39.9. The third-order valence-corrected chi connectivity index (χ3v) is 7.29. The number of benzene rings is 1. The van der Waals surface area contributed by atoms with E-state index in [1.165, 1.54) is 7.11 Å². The highest BCUT2D eigenvalue weighted by molar-refractivity contribution is 6.01. The normalized spacial score (nSPS) is 19.2. The van der Waals surface area contributed by atoms with Crippen LogP contribution in [-0.2, 0) is 16.1 Å². The van der Waals surface area contributed by atoms with E-state index in [1.54, 1.807) is 23.8 Å². The number of aryl methyl sites for hydroxylation is 1. The molecule has 184 valence electrons. The van der Waals surface area contributed by atoms with Gasteiger partial charge < -0.3 is 24.1 Å². The molecule has 1 fully saturated rings. The van der Waals surface area contributed by atoms with Crippen molar-refractivity contribution >= 4 is 22.8 Å². The molecule has 1 amide bonds. The van der Waals surface area contributed by atoms with Gasteiger partial charge in [-0.25, -0.2) is 4.79 Å².